The number of likely N-dealkylation sites (tertiary alicyclic amines) is 1. The van der Waals surface area contributed by atoms with Gasteiger partial charge in [-0.2, -0.15) is 0 Å². The second-order valence-electron chi connectivity index (χ2n) is 6.96. The molecule has 0 aliphatic carbocycles. The van der Waals surface area contributed by atoms with Crippen molar-refractivity contribution < 1.29 is 0 Å². The van der Waals surface area contributed by atoms with Gasteiger partial charge in [-0.25, -0.2) is 0 Å². The number of pyridine rings is 1. The van der Waals surface area contributed by atoms with Crippen LogP contribution in [0.25, 0.3) is 0 Å². The molecule has 1 saturated heterocycles. The average Bonchev–Trinajstić information content (AvgIpc) is 3.10. The van der Waals surface area contributed by atoms with Crippen molar-refractivity contribution in [2.75, 3.05) is 13.1 Å². The molecule has 1 aromatic carbocycles. The highest BCUT2D eigenvalue weighted by Crippen LogP contribution is 2.24. The number of benzene rings is 1. The zero-order valence-electron chi connectivity index (χ0n) is 15.5. The van der Waals surface area contributed by atoms with Crippen molar-refractivity contribution in [1.29, 1.82) is 0 Å². The molecule has 27 heavy (non-hydrogen) atoms. The summed E-state index contributed by atoms with van der Waals surface area (Å²) in [5, 5.41) is 10.1. The maximum atomic E-state index is 4.55. The van der Waals surface area contributed by atoms with Gasteiger partial charge in [-0.05, 0) is 43.1 Å². The molecule has 140 valence electrons. The molecule has 0 saturated carbocycles. The third kappa shape index (κ3) is 4.96. The highest BCUT2D eigenvalue weighted by molar-refractivity contribution is 7.98. The number of thioether (sulfide) groups is 1. The summed E-state index contributed by atoms with van der Waals surface area (Å²) in [4.78, 5) is 6.71. The van der Waals surface area contributed by atoms with Crippen LogP contribution in [-0.4, -0.2) is 37.7 Å². The Morgan fingerprint density at radius 2 is 1.67 bits per heavy atom. The fourth-order valence-electron chi connectivity index (χ4n) is 3.42. The molecule has 0 bridgehead atoms. The lowest BCUT2D eigenvalue weighted by atomic mass is 10.1. The number of hydrogen-bond donors (Lipinski definition) is 0. The van der Waals surface area contributed by atoms with Gasteiger partial charge < -0.3 is 4.57 Å². The lowest BCUT2D eigenvalue weighted by Crippen LogP contribution is -2.30. The standard InChI is InChI=1S/C21H25N5S/c1-3-8-18(9-4-1)15-26-20(16-25-12-5-2-6-13-25)23-24-21(26)27-17-19-10-7-11-22-14-19/h1,3-4,7-11,14H,2,5-6,12-13,15-17H2. The third-order valence-electron chi connectivity index (χ3n) is 4.88. The fraction of sp³-hybridized carbons (Fsp3) is 0.381. The van der Waals surface area contributed by atoms with Gasteiger partial charge in [-0.1, -0.05) is 54.6 Å². The molecule has 0 amide bonds. The fourth-order valence-corrected chi connectivity index (χ4v) is 4.31. The Bertz CT molecular complexity index is 828. The van der Waals surface area contributed by atoms with Crippen LogP contribution in [0.2, 0.25) is 0 Å². The maximum absolute atomic E-state index is 4.55. The van der Waals surface area contributed by atoms with Gasteiger partial charge in [0.05, 0.1) is 13.1 Å². The van der Waals surface area contributed by atoms with Crippen molar-refractivity contribution in [3.8, 4) is 0 Å². The van der Waals surface area contributed by atoms with Crippen LogP contribution in [0.5, 0.6) is 0 Å². The molecule has 6 heteroatoms. The normalized spacial score (nSPS) is 15.1. The van der Waals surface area contributed by atoms with E-state index in [-0.39, 0.29) is 0 Å². The van der Waals surface area contributed by atoms with Crippen molar-refractivity contribution in [3.63, 3.8) is 0 Å². The smallest absolute Gasteiger partial charge is 0.191 e. The van der Waals surface area contributed by atoms with Crippen LogP contribution in [-0.2, 0) is 18.8 Å². The van der Waals surface area contributed by atoms with E-state index in [0.29, 0.717) is 0 Å². The van der Waals surface area contributed by atoms with Gasteiger partial charge in [0.1, 0.15) is 5.82 Å². The van der Waals surface area contributed by atoms with Gasteiger partial charge in [0.2, 0.25) is 0 Å². The Morgan fingerprint density at radius 1 is 0.852 bits per heavy atom. The second kappa shape index (κ2) is 9.15. The second-order valence-corrected chi connectivity index (χ2v) is 7.90. The zero-order valence-corrected chi connectivity index (χ0v) is 16.3. The zero-order chi connectivity index (χ0) is 18.3. The molecule has 4 rings (SSSR count). The highest BCUT2D eigenvalue weighted by atomic mass is 32.2. The maximum Gasteiger partial charge on any atom is 0.191 e. The van der Waals surface area contributed by atoms with E-state index < -0.39 is 0 Å². The van der Waals surface area contributed by atoms with E-state index in [1.54, 1.807) is 11.8 Å². The van der Waals surface area contributed by atoms with Crippen LogP contribution in [0.4, 0.5) is 0 Å². The Hall–Kier alpha value is -2.18. The number of nitrogens with zero attached hydrogens (tertiary/aromatic N) is 5. The molecule has 0 spiro atoms. The van der Waals surface area contributed by atoms with Crippen molar-refractivity contribution in [2.45, 2.75) is 43.3 Å². The average molecular weight is 380 g/mol. The molecule has 0 N–H and O–H groups in total. The minimum Gasteiger partial charge on any atom is -0.300 e. The van der Waals surface area contributed by atoms with Crippen LogP contribution < -0.4 is 0 Å². The monoisotopic (exact) mass is 379 g/mol. The number of hydrogen-bond acceptors (Lipinski definition) is 5. The first-order valence-electron chi connectivity index (χ1n) is 9.58. The lowest BCUT2D eigenvalue weighted by Gasteiger charge is -2.26. The summed E-state index contributed by atoms with van der Waals surface area (Å²) in [6.45, 7) is 4.02. The van der Waals surface area contributed by atoms with Crippen LogP contribution in [0.3, 0.4) is 0 Å². The SMILES string of the molecule is c1ccc(Cn2c(CN3CCCCC3)nnc2SCc2cccnc2)cc1. The molecule has 3 heterocycles. The minimum absolute atomic E-state index is 0.812. The van der Waals surface area contributed by atoms with Crippen LogP contribution in [0.1, 0.15) is 36.2 Å². The molecule has 0 unspecified atom stereocenters. The topological polar surface area (TPSA) is 46.8 Å². The van der Waals surface area contributed by atoms with Crippen LogP contribution in [0.15, 0.2) is 60.0 Å². The molecule has 5 nitrogen and oxygen atoms in total. The molecular weight excluding hydrogens is 354 g/mol. The minimum atomic E-state index is 0.812. The van der Waals surface area contributed by atoms with Gasteiger partial charge in [0.25, 0.3) is 0 Å². The highest BCUT2D eigenvalue weighted by Gasteiger charge is 2.18. The summed E-state index contributed by atoms with van der Waals surface area (Å²) in [7, 11) is 0. The van der Waals surface area contributed by atoms with Crippen molar-refractivity contribution in [1.82, 2.24) is 24.6 Å². The lowest BCUT2D eigenvalue weighted by molar-refractivity contribution is 0.213. The molecule has 2 aromatic heterocycles. The van der Waals surface area contributed by atoms with E-state index in [1.807, 2.05) is 18.5 Å². The third-order valence-corrected chi connectivity index (χ3v) is 5.92. The summed E-state index contributed by atoms with van der Waals surface area (Å²) >= 11 is 1.73. The van der Waals surface area contributed by atoms with Crippen molar-refractivity contribution in [3.05, 3.63) is 71.8 Å². The number of rotatable bonds is 7. The van der Waals surface area contributed by atoms with Crippen LogP contribution >= 0.6 is 11.8 Å². The van der Waals surface area contributed by atoms with Gasteiger partial charge >= 0.3 is 0 Å². The molecular formula is C21H25N5S. The molecule has 1 fully saturated rings. The first kappa shape index (κ1) is 18.2. The Kier molecular flexibility index (Phi) is 6.17. The predicted octanol–water partition coefficient (Wildman–Crippen LogP) is 4.00. The summed E-state index contributed by atoms with van der Waals surface area (Å²) in [5.41, 5.74) is 2.48. The molecule has 3 aromatic rings. The van der Waals surface area contributed by atoms with Gasteiger partial charge in [-0.15, -0.1) is 10.2 Å². The first-order chi connectivity index (χ1) is 13.4. The Morgan fingerprint density at radius 3 is 2.44 bits per heavy atom. The number of piperidine rings is 1. The first-order valence-corrected chi connectivity index (χ1v) is 10.6. The molecule has 0 atom stereocenters. The van der Waals surface area contributed by atoms with E-state index in [4.69, 9.17) is 0 Å². The molecule has 1 aliphatic heterocycles. The largest absolute Gasteiger partial charge is 0.300 e. The van der Waals surface area contributed by atoms with Gasteiger partial charge in [-0.3, -0.25) is 9.88 Å². The van der Waals surface area contributed by atoms with E-state index in [0.717, 1.165) is 42.9 Å². The summed E-state index contributed by atoms with van der Waals surface area (Å²) in [6.07, 6.45) is 7.65. The summed E-state index contributed by atoms with van der Waals surface area (Å²) in [6, 6.07) is 14.7. The Balaban J connectivity index is 1.53. The van der Waals surface area contributed by atoms with Crippen molar-refractivity contribution >= 4 is 11.8 Å². The van der Waals surface area contributed by atoms with Crippen LogP contribution in [0, 0.1) is 0 Å². The van der Waals surface area contributed by atoms with Gasteiger partial charge in [0.15, 0.2) is 5.16 Å². The summed E-state index contributed by atoms with van der Waals surface area (Å²) in [5.74, 6) is 1.92. The quantitative estimate of drug-likeness (QED) is 0.581. The predicted molar refractivity (Wildman–Crippen MR) is 108 cm³/mol. The number of aromatic nitrogens is 4. The van der Waals surface area contributed by atoms with Crippen molar-refractivity contribution in [2.24, 2.45) is 0 Å². The van der Waals surface area contributed by atoms with E-state index in [2.05, 4.69) is 61.0 Å². The summed E-state index contributed by atoms with van der Waals surface area (Å²) < 4.78 is 2.28. The van der Waals surface area contributed by atoms with E-state index in [1.165, 1.54) is 30.4 Å². The van der Waals surface area contributed by atoms with E-state index in [9.17, 15) is 0 Å². The Labute approximate surface area is 164 Å². The molecule has 1 aliphatic rings. The van der Waals surface area contributed by atoms with E-state index >= 15 is 0 Å². The molecule has 0 radical (unpaired) electrons. The van der Waals surface area contributed by atoms with Gasteiger partial charge in [0, 0.05) is 18.1 Å².